The first-order chi connectivity index (χ1) is 9.78. The average molecular weight is 341 g/mol. The van der Waals surface area contributed by atoms with Crippen molar-refractivity contribution >= 4 is 43.7 Å². The molecule has 0 amide bonds. The van der Waals surface area contributed by atoms with Gasteiger partial charge in [0.05, 0.1) is 11.4 Å². The number of nitrogens with one attached hydrogen (secondary N) is 1. The molecule has 0 saturated carbocycles. The molecule has 2 aromatic rings. The molecule has 0 atom stereocenters. The van der Waals surface area contributed by atoms with Crippen molar-refractivity contribution in [3.63, 3.8) is 0 Å². The highest BCUT2D eigenvalue weighted by molar-refractivity contribution is 7.92. The monoisotopic (exact) mass is 341 g/mol. The Morgan fingerprint density at radius 3 is 2.62 bits per heavy atom. The fraction of sp³-hybridized carbons (Fsp3) is 0.231. The number of hydrogen-bond acceptors (Lipinski definition) is 5. The second-order valence-electron chi connectivity index (χ2n) is 4.54. The van der Waals surface area contributed by atoms with Crippen molar-refractivity contribution in [2.75, 3.05) is 4.72 Å². The van der Waals surface area contributed by atoms with E-state index in [1.165, 1.54) is 11.3 Å². The summed E-state index contributed by atoms with van der Waals surface area (Å²) < 4.78 is 27.0. The number of thiazole rings is 1. The Morgan fingerprint density at radius 1 is 1.38 bits per heavy atom. The predicted molar refractivity (Wildman–Crippen MR) is 90.2 cm³/mol. The third-order valence-corrected chi connectivity index (χ3v) is 5.43. The van der Waals surface area contributed by atoms with E-state index in [2.05, 4.69) is 9.71 Å². The lowest BCUT2D eigenvalue weighted by Crippen LogP contribution is -2.18. The first-order valence-corrected chi connectivity index (χ1v) is 8.98. The summed E-state index contributed by atoms with van der Waals surface area (Å²) >= 11 is 6.25. The van der Waals surface area contributed by atoms with E-state index in [-0.39, 0.29) is 10.7 Å². The molecule has 2 rings (SSSR count). The lowest BCUT2D eigenvalue weighted by atomic mass is 10.1. The second-order valence-corrected chi connectivity index (χ2v) is 7.91. The SMILES string of the molecule is Cc1nc(NS(=O)(=O)Cc2ccccc2C(N)=S)sc1C. The van der Waals surface area contributed by atoms with E-state index in [9.17, 15) is 8.42 Å². The van der Waals surface area contributed by atoms with Crippen molar-refractivity contribution < 1.29 is 8.42 Å². The van der Waals surface area contributed by atoms with Gasteiger partial charge in [-0.25, -0.2) is 13.4 Å². The molecule has 0 radical (unpaired) electrons. The highest BCUT2D eigenvalue weighted by atomic mass is 32.2. The van der Waals surface area contributed by atoms with E-state index in [0.29, 0.717) is 16.3 Å². The minimum absolute atomic E-state index is 0.182. The number of sulfonamides is 1. The molecule has 1 heterocycles. The van der Waals surface area contributed by atoms with Crippen LogP contribution in [0.15, 0.2) is 24.3 Å². The summed E-state index contributed by atoms with van der Waals surface area (Å²) in [6, 6.07) is 6.94. The Morgan fingerprint density at radius 2 is 2.05 bits per heavy atom. The maximum atomic E-state index is 12.2. The van der Waals surface area contributed by atoms with Gasteiger partial charge < -0.3 is 5.73 Å². The van der Waals surface area contributed by atoms with Gasteiger partial charge in [-0.05, 0) is 19.4 Å². The number of anilines is 1. The molecule has 0 aliphatic heterocycles. The molecule has 0 spiro atoms. The van der Waals surface area contributed by atoms with Crippen molar-refractivity contribution in [2.24, 2.45) is 5.73 Å². The van der Waals surface area contributed by atoms with E-state index in [0.717, 1.165) is 10.6 Å². The lowest BCUT2D eigenvalue weighted by molar-refractivity contribution is 0.600. The zero-order valence-corrected chi connectivity index (χ0v) is 14.0. The summed E-state index contributed by atoms with van der Waals surface area (Å²) in [4.78, 5) is 5.34. The highest BCUT2D eigenvalue weighted by Crippen LogP contribution is 2.23. The van der Waals surface area contributed by atoms with Crippen LogP contribution >= 0.6 is 23.6 Å². The summed E-state index contributed by atoms with van der Waals surface area (Å²) in [7, 11) is -3.56. The third-order valence-electron chi connectivity index (χ3n) is 2.90. The fourth-order valence-corrected chi connectivity index (χ4v) is 4.23. The Bertz CT molecular complexity index is 762. The van der Waals surface area contributed by atoms with E-state index >= 15 is 0 Å². The van der Waals surface area contributed by atoms with Gasteiger partial charge in [-0.1, -0.05) is 36.5 Å². The molecule has 0 aliphatic carbocycles. The Balaban J connectivity index is 2.24. The highest BCUT2D eigenvalue weighted by Gasteiger charge is 2.17. The maximum Gasteiger partial charge on any atom is 0.238 e. The van der Waals surface area contributed by atoms with Crippen molar-refractivity contribution in [1.82, 2.24) is 4.98 Å². The van der Waals surface area contributed by atoms with Crippen molar-refractivity contribution in [1.29, 1.82) is 0 Å². The zero-order valence-electron chi connectivity index (χ0n) is 11.6. The molecule has 0 unspecified atom stereocenters. The van der Waals surface area contributed by atoms with Crippen LogP contribution in [0.2, 0.25) is 0 Å². The number of aromatic nitrogens is 1. The molecule has 5 nitrogen and oxygen atoms in total. The molecule has 0 fully saturated rings. The third kappa shape index (κ3) is 3.99. The van der Waals surface area contributed by atoms with Crippen molar-refractivity contribution in [2.45, 2.75) is 19.6 Å². The molecule has 1 aromatic carbocycles. The summed E-state index contributed by atoms with van der Waals surface area (Å²) in [6.07, 6.45) is 0. The van der Waals surface area contributed by atoms with Crippen LogP contribution in [0.4, 0.5) is 5.13 Å². The summed E-state index contributed by atoms with van der Waals surface area (Å²) in [5.41, 5.74) is 7.58. The van der Waals surface area contributed by atoms with Gasteiger partial charge in [0.15, 0.2) is 5.13 Å². The van der Waals surface area contributed by atoms with Crippen LogP contribution in [0.1, 0.15) is 21.7 Å². The maximum absolute atomic E-state index is 12.2. The number of rotatable bonds is 5. The average Bonchev–Trinajstić information content (AvgIpc) is 2.66. The van der Waals surface area contributed by atoms with E-state index in [1.807, 2.05) is 13.8 Å². The molecule has 3 N–H and O–H groups in total. The van der Waals surface area contributed by atoms with Crippen LogP contribution < -0.4 is 10.5 Å². The van der Waals surface area contributed by atoms with Crippen molar-refractivity contribution in [3.8, 4) is 0 Å². The molecule has 1 aromatic heterocycles. The molecule has 8 heteroatoms. The molecule has 0 saturated heterocycles. The first-order valence-electron chi connectivity index (χ1n) is 6.11. The van der Waals surface area contributed by atoms with Gasteiger partial charge in [0.2, 0.25) is 10.0 Å². The number of benzene rings is 1. The van der Waals surface area contributed by atoms with E-state index in [4.69, 9.17) is 18.0 Å². The van der Waals surface area contributed by atoms with Gasteiger partial charge in [-0.15, -0.1) is 11.3 Å². The standard InChI is InChI=1S/C13H15N3O2S3/c1-8-9(2)20-13(15-8)16-21(17,18)7-10-5-3-4-6-11(10)12(14)19/h3-6H,7H2,1-2H3,(H2,14,19)(H,15,16). The van der Waals surface area contributed by atoms with Gasteiger partial charge in [-0.2, -0.15) is 0 Å². The summed E-state index contributed by atoms with van der Waals surface area (Å²) in [5, 5.41) is 0.373. The lowest BCUT2D eigenvalue weighted by Gasteiger charge is -2.09. The Hall–Kier alpha value is -1.51. The molecule has 0 aliphatic rings. The second kappa shape index (κ2) is 6.08. The van der Waals surface area contributed by atoms with Gasteiger partial charge in [-0.3, -0.25) is 4.72 Å². The van der Waals surface area contributed by atoms with Crippen LogP contribution in [0.3, 0.4) is 0 Å². The number of thiocarbonyl (C=S) groups is 1. The minimum Gasteiger partial charge on any atom is -0.389 e. The van der Waals surface area contributed by atoms with Crippen LogP contribution in [0.25, 0.3) is 0 Å². The van der Waals surface area contributed by atoms with Crippen molar-refractivity contribution in [3.05, 3.63) is 46.0 Å². The van der Waals surface area contributed by atoms with E-state index in [1.54, 1.807) is 24.3 Å². The molecular weight excluding hydrogens is 326 g/mol. The van der Waals surface area contributed by atoms with Gasteiger partial charge in [0, 0.05) is 10.4 Å². The van der Waals surface area contributed by atoms with Crippen LogP contribution in [-0.2, 0) is 15.8 Å². The number of nitrogens with two attached hydrogens (primary N) is 1. The number of hydrogen-bond donors (Lipinski definition) is 2. The molecule has 21 heavy (non-hydrogen) atoms. The van der Waals surface area contributed by atoms with Gasteiger partial charge in [0.25, 0.3) is 0 Å². The van der Waals surface area contributed by atoms with Gasteiger partial charge >= 0.3 is 0 Å². The smallest absolute Gasteiger partial charge is 0.238 e. The molecular formula is C13H15N3O2S3. The van der Waals surface area contributed by atoms with E-state index < -0.39 is 10.0 Å². The Labute approximate surface area is 133 Å². The largest absolute Gasteiger partial charge is 0.389 e. The number of nitrogens with zero attached hydrogens (tertiary/aromatic N) is 1. The van der Waals surface area contributed by atoms with Crippen LogP contribution in [0.5, 0.6) is 0 Å². The molecule has 112 valence electrons. The quantitative estimate of drug-likeness (QED) is 0.815. The zero-order chi connectivity index (χ0) is 15.6. The van der Waals surface area contributed by atoms with Crippen LogP contribution in [0, 0.1) is 13.8 Å². The summed E-state index contributed by atoms with van der Waals surface area (Å²) in [6.45, 7) is 3.73. The summed E-state index contributed by atoms with van der Waals surface area (Å²) in [5.74, 6) is -0.196. The first kappa shape index (κ1) is 15.9. The normalized spacial score (nSPS) is 11.3. The minimum atomic E-state index is -3.56. The van der Waals surface area contributed by atoms with Crippen LogP contribution in [-0.4, -0.2) is 18.4 Å². The predicted octanol–water partition coefficient (Wildman–Crippen LogP) is 2.34. The molecule has 0 bridgehead atoms. The topological polar surface area (TPSA) is 85.1 Å². The Kier molecular flexibility index (Phi) is 4.60. The van der Waals surface area contributed by atoms with Gasteiger partial charge in [0.1, 0.15) is 4.99 Å². The number of aryl methyl sites for hydroxylation is 2. The fourth-order valence-electron chi connectivity index (χ4n) is 1.78.